The summed E-state index contributed by atoms with van der Waals surface area (Å²) >= 11 is 2.11. The van der Waals surface area contributed by atoms with Gasteiger partial charge in [0.05, 0.1) is 0 Å². The molecule has 1 aromatic heterocycles. The summed E-state index contributed by atoms with van der Waals surface area (Å²) in [5.41, 5.74) is 0. The molecule has 3 fully saturated rings. The van der Waals surface area contributed by atoms with Gasteiger partial charge in [0.2, 0.25) is 0 Å². The van der Waals surface area contributed by atoms with Crippen LogP contribution in [-0.4, -0.2) is 58.3 Å². The summed E-state index contributed by atoms with van der Waals surface area (Å²) in [5.74, 6) is 0. The molecule has 4 nitrogen and oxygen atoms in total. The minimum absolute atomic E-state index is 1.21. The summed E-state index contributed by atoms with van der Waals surface area (Å²) in [4.78, 5) is 4.69. The molecule has 0 spiro atoms. The van der Waals surface area contributed by atoms with E-state index in [1.807, 2.05) is 12.3 Å². The molecule has 3 aliphatic rings. The second kappa shape index (κ2) is 8.64. The van der Waals surface area contributed by atoms with Crippen molar-refractivity contribution in [2.24, 2.45) is 0 Å². The van der Waals surface area contributed by atoms with Gasteiger partial charge in [-0.05, 0) is 50.7 Å². The zero-order valence-electron chi connectivity index (χ0n) is 16.7. The van der Waals surface area contributed by atoms with Crippen LogP contribution in [-0.2, 0) is 0 Å². The fourth-order valence-corrected chi connectivity index (χ4v) is 12.0. The number of rotatable bonds is 5. The number of aromatic nitrogens is 1. The van der Waals surface area contributed by atoms with Crippen LogP contribution in [0.5, 0.6) is 0 Å². The van der Waals surface area contributed by atoms with Crippen LogP contribution in [0.1, 0.15) is 38.5 Å². The Morgan fingerprint density at radius 1 is 0.700 bits per heavy atom. The second-order valence-electron chi connectivity index (χ2n) is 7.71. The normalized spacial score (nSPS) is 24.3. The van der Waals surface area contributed by atoms with Crippen molar-refractivity contribution in [3.05, 3.63) is 24.4 Å². The minimum atomic E-state index is -10.7. The molecule has 30 heavy (non-hydrogen) atoms. The number of pyridine rings is 1. The summed E-state index contributed by atoms with van der Waals surface area (Å²) in [6.45, 7) is 6.16. The van der Waals surface area contributed by atoms with Crippen LogP contribution in [0.25, 0.3) is 0 Å². The first-order chi connectivity index (χ1) is 13.8. The molecule has 174 valence electrons. The molecule has 0 amide bonds. The van der Waals surface area contributed by atoms with Gasteiger partial charge in [0.15, 0.2) is 0 Å². The molecule has 13 heteroatoms. The van der Waals surface area contributed by atoms with Gasteiger partial charge in [-0.3, -0.25) is 0 Å². The van der Waals surface area contributed by atoms with Gasteiger partial charge in [-0.1, -0.05) is 6.07 Å². The Bertz CT molecular complexity index is 639. The van der Waals surface area contributed by atoms with E-state index in [2.05, 4.69) is 42.5 Å². The van der Waals surface area contributed by atoms with Crippen LogP contribution >= 0.6 is 26.1 Å². The van der Waals surface area contributed by atoms with E-state index < -0.39 is 14.7 Å². The van der Waals surface area contributed by atoms with Crippen LogP contribution in [0.4, 0.5) is 25.2 Å². The molecular formula is C17H28F6N4P2S. The van der Waals surface area contributed by atoms with Gasteiger partial charge < -0.3 is 0 Å². The molecule has 0 bridgehead atoms. The molecule has 1 aromatic rings. The van der Waals surface area contributed by atoms with Crippen LogP contribution in [0.2, 0.25) is 0 Å². The van der Waals surface area contributed by atoms with Crippen molar-refractivity contribution in [2.45, 2.75) is 43.6 Å². The molecule has 0 N–H and O–H groups in total. The molecule has 0 unspecified atom stereocenters. The molecule has 4 heterocycles. The zero-order chi connectivity index (χ0) is 21.9. The van der Waals surface area contributed by atoms with Crippen LogP contribution in [0.3, 0.4) is 0 Å². The Morgan fingerprint density at radius 2 is 1.07 bits per heavy atom. The molecule has 0 aromatic carbocycles. The van der Waals surface area contributed by atoms with E-state index in [-0.39, 0.29) is 0 Å². The van der Waals surface area contributed by atoms with E-state index in [9.17, 15) is 25.2 Å². The first kappa shape index (κ1) is 24.5. The van der Waals surface area contributed by atoms with Crippen molar-refractivity contribution >= 4 is 26.1 Å². The summed E-state index contributed by atoms with van der Waals surface area (Å²) in [6.07, 6.45) is 10.2. The maximum absolute atomic E-state index is 10.7. The Hall–Kier alpha value is -0.180. The number of hydrogen-bond donors (Lipinski definition) is 0. The van der Waals surface area contributed by atoms with E-state index in [1.54, 1.807) is 0 Å². The third kappa shape index (κ3) is 7.45. The predicted octanol–water partition coefficient (Wildman–Crippen LogP) is 7.52. The van der Waals surface area contributed by atoms with Gasteiger partial charge in [0.25, 0.3) is 6.92 Å². The Labute approximate surface area is 177 Å². The maximum atomic E-state index is 9.87. The fraction of sp³-hybridized carbons (Fsp3) is 0.706. The number of halogens is 6. The first-order valence-electron chi connectivity index (χ1n) is 10.2. The topological polar surface area (TPSA) is 22.6 Å². The fourth-order valence-electron chi connectivity index (χ4n) is 4.12. The van der Waals surface area contributed by atoms with Crippen molar-refractivity contribution in [3.63, 3.8) is 0 Å². The van der Waals surface area contributed by atoms with Crippen LogP contribution in [0.15, 0.2) is 29.4 Å². The van der Waals surface area contributed by atoms with Gasteiger partial charge in [0, 0.05) is 45.5 Å². The van der Waals surface area contributed by atoms with Gasteiger partial charge >= 0.3 is 33.0 Å². The van der Waals surface area contributed by atoms with E-state index >= 15 is 0 Å². The summed E-state index contributed by atoms with van der Waals surface area (Å²) < 4.78 is 67.8. The third-order valence-electron chi connectivity index (χ3n) is 5.21. The maximum Gasteiger partial charge on any atom is 0.297 e. The number of hydrogen-bond acceptors (Lipinski definition) is 5. The van der Waals surface area contributed by atoms with E-state index in [4.69, 9.17) is 0 Å². The van der Waals surface area contributed by atoms with Crippen molar-refractivity contribution in [3.8, 4) is 0 Å². The Kier molecular flexibility index (Phi) is 7.04. The quantitative estimate of drug-likeness (QED) is 0.310. The Balaban J connectivity index is 0.000000318. The molecular weight excluding hydrogens is 468 g/mol. The number of nitrogens with zero attached hydrogens (tertiary/aromatic N) is 4. The summed E-state index contributed by atoms with van der Waals surface area (Å²) in [7, 11) is -10.7. The van der Waals surface area contributed by atoms with Crippen molar-refractivity contribution < 1.29 is 25.2 Å². The molecule has 0 aliphatic carbocycles. The predicted molar refractivity (Wildman–Crippen MR) is 113 cm³/mol. The molecule has 3 aliphatic heterocycles. The van der Waals surface area contributed by atoms with Gasteiger partial charge in [-0.2, -0.15) is 0 Å². The van der Waals surface area contributed by atoms with Crippen molar-refractivity contribution in [1.29, 1.82) is 0 Å². The zero-order valence-corrected chi connectivity index (χ0v) is 19.3. The van der Waals surface area contributed by atoms with Crippen LogP contribution < -0.4 is 0 Å². The molecule has 4 rings (SSSR count). The smallest absolute Gasteiger partial charge is 0.246 e. The van der Waals surface area contributed by atoms with Gasteiger partial charge in [-0.15, -0.1) is 14.0 Å². The standard InChI is InChI=1S/C17H28N4PS.F6P/c1-2-10-18-17(9-1)23-22(19-11-3-4-12-19,20-13-5-6-14-20)21-15-7-8-16-21;1-7(2,3,4,5)6/h1-2,9-10H,3-8,11-16H2;/q+1;-1. The molecule has 0 radical (unpaired) electrons. The van der Waals surface area contributed by atoms with Gasteiger partial charge in [0.1, 0.15) is 16.4 Å². The van der Waals surface area contributed by atoms with Crippen molar-refractivity contribution in [1.82, 2.24) is 19.0 Å². The van der Waals surface area contributed by atoms with E-state index in [1.165, 1.54) is 82.8 Å². The molecule has 0 atom stereocenters. The SMILES string of the molecule is F[P-](F)(F)(F)(F)F.c1ccc(S[P+](N2CCCC2)(N2CCCC2)N2CCCC2)nc1. The second-order valence-corrected chi connectivity index (χ2v) is 15.0. The average molecular weight is 496 g/mol. The summed E-state index contributed by atoms with van der Waals surface area (Å²) in [5, 5.41) is 1.21. The monoisotopic (exact) mass is 496 g/mol. The minimum Gasteiger partial charge on any atom is -0.246 e. The van der Waals surface area contributed by atoms with E-state index in [0.717, 1.165) is 0 Å². The van der Waals surface area contributed by atoms with Crippen molar-refractivity contribution in [2.75, 3.05) is 39.3 Å². The average Bonchev–Trinajstić information content (AvgIpc) is 3.42. The summed E-state index contributed by atoms with van der Waals surface area (Å²) in [6, 6.07) is 6.38. The van der Waals surface area contributed by atoms with Crippen LogP contribution in [0, 0.1) is 0 Å². The third-order valence-corrected chi connectivity index (χ3v) is 12.7. The first-order valence-corrected chi connectivity index (χ1v) is 15.3. The molecule has 3 saturated heterocycles. The van der Waals surface area contributed by atoms with E-state index in [0.29, 0.717) is 0 Å². The largest absolute Gasteiger partial charge is 0.297 e. The molecule has 0 saturated carbocycles. The van der Waals surface area contributed by atoms with Gasteiger partial charge in [-0.25, -0.2) is 4.98 Å². The Morgan fingerprint density at radius 3 is 1.37 bits per heavy atom.